The third-order valence-corrected chi connectivity index (χ3v) is 2.94. The van der Waals surface area contributed by atoms with Gasteiger partial charge in [0.2, 0.25) is 5.82 Å². The normalized spacial score (nSPS) is 16.2. The number of nitrogens with zero attached hydrogens (tertiary/aromatic N) is 3. The van der Waals surface area contributed by atoms with E-state index in [0.29, 0.717) is 36.6 Å². The van der Waals surface area contributed by atoms with E-state index >= 15 is 0 Å². The van der Waals surface area contributed by atoms with Gasteiger partial charge in [-0.15, -0.1) is 0 Å². The lowest BCUT2D eigenvalue weighted by Gasteiger charge is -2.25. The van der Waals surface area contributed by atoms with Gasteiger partial charge in [-0.05, 0) is 31.9 Å². The summed E-state index contributed by atoms with van der Waals surface area (Å²) >= 11 is 3.11. The number of hydrogen-bond donors (Lipinski definition) is 0. The number of pyridine rings is 1. The maximum atomic E-state index is 10.7. The Morgan fingerprint density at radius 3 is 2.75 bits per heavy atom. The van der Waals surface area contributed by atoms with Crippen LogP contribution in [0.4, 0.5) is 11.6 Å². The Balaban J connectivity index is 2.27. The molecule has 86 valence electrons. The Hall–Kier alpha value is -1.21. The minimum absolute atomic E-state index is 0.149. The molecule has 2 heterocycles. The van der Waals surface area contributed by atoms with E-state index in [4.69, 9.17) is 4.74 Å². The van der Waals surface area contributed by atoms with E-state index in [9.17, 15) is 10.1 Å². The Kier molecular flexibility index (Phi) is 3.35. The van der Waals surface area contributed by atoms with E-state index in [1.165, 1.54) is 0 Å². The first-order valence-electron chi connectivity index (χ1n) is 4.82. The van der Waals surface area contributed by atoms with E-state index in [1.807, 2.05) is 4.90 Å². The molecule has 0 radical (unpaired) electrons. The van der Waals surface area contributed by atoms with E-state index in [2.05, 4.69) is 20.9 Å². The van der Waals surface area contributed by atoms with Crippen molar-refractivity contribution in [3.63, 3.8) is 0 Å². The summed E-state index contributed by atoms with van der Waals surface area (Å²) in [5.41, 5.74) is 0. The SMILES string of the molecule is O=[N+]([O-])c1nc(N2CCOCC2)ccc1Br. The molecule has 0 bridgehead atoms. The lowest BCUT2D eigenvalue weighted by molar-refractivity contribution is -0.390. The van der Waals surface area contributed by atoms with Gasteiger partial charge < -0.3 is 19.8 Å². The lowest BCUT2D eigenvalue weighted by Crippen LogP contribution is -2.36. The van der Waals surface area contributed by atoms with Crippen LogP contribution in [0.25, 0.3) is 0 Å². The fourth-order valence-electron chi connectivity index (χ4n) is 1.52. The molecule has 0 aromatic carbocycles. The zero-order chi connectivity index (χ0) is 11.5. The maximum absolute atomic E-state index is 10.7. The second kappa shape index (κ2) is 4.75. The molecular weight excluding hydrogens is 278 g/mol. The third-order valence-electron chi connectivity index (χ3n) is 2.32. The van der Waals surface area contributed by atoms with Crippen molar-refractivity contribution in [1.29, 1.82) is 0 Å². The Morgan fingerprint density at radius 2 is 2.12 bits per heavy atom. The Labute approximate surface area is 100 Å². The van der Waals surface area contributed by atoms with Crippen molar-refractivity contribution in [1.82, 2.24) is 4.98 Å². The molecule has 1 aliphatic heterocycles. The number of ether oxygens (including phenoxy) is 1. The Bertz CT molecular complexity index is 407. The highest BCUT2D eigenvalue weighted by atomic mass is 79.9. The van der Waals surface area contributed by atoms with Gasteiger partial charge in [-0.25, -0.2) is 0 Å². The van der Waals surface area contributed by atoms with Gasteiger partial charge in [-0.1, -0.05) is 0 Å². The molecule has 0 aliphatic carbocycles. The molecule has 1 fully saturated rings. The molecule has 1 saturated heterocycles. The van der Waals surface area contributed by atoms with Crippen molar-refractivity contribution < 1.29 is 9.66 Å². The molecule has 0 unspecified atom stereocenters. The van der Waals surface area contributed by atoms with Crippen molar-refractivity contribution in [2.24, 2.45) is 0 Å². The molecule has 1 aliphatic rings. The predicted octanol–water partition coefficient (Wildman–Crippen LogP) is 1.59. The van der Waals surface area contributed by atoms with Crippen molar-refractivity contribution >= 4 is 27.6 Å². The summed E-state index contributed by atoms with van der Waals surface area (Å²) in [6, 6.07) is 3.42. The van der Waals surface area contributed by atoms with Crippen LogP contribution >= 0.6 is 15.9 Å². The first kappa shape index (κ1) is 11.3. The minimum atomic E-state index is -0.492. The monoisotopic (exact) mass is 287 g/mol. The quantitative estimate of drug-likeness (QED) is 0.610. The Morgan fingerprint density at radius 1 is 1.44 bits per heavy atom. The topological polar surface area (TPSA) is 68.5 Å². The molecule has 0 N–H and O–H groups in total. The van der Waals surface area contributed by atoms with E-state index in [-0.39, 0.29) is 5.82 Å². The average Bonchev–Trinajstić information content (AvgIpc) is 2.30. The minimum Gasteiger partial charge on any atom is -0.378 e. The molecule has 0 amide bonds. The van der Waals surface area contributed by atoms with Crippen molar-refractivity contribution in [2.45, 2.75) is 0 Å². The number of hydrogen-bond acceptors (Lipinski definition) is 5. The molecule has 6 nitrogen and oxygen atoms in total. The van der Waals surface area contributed by atoms with E-state index < -0.39 is 4.92 Å². The number of morpholine rings is 1. The van der Waals surface area contributed by atoms with Crippen LogP contribution < -0.4 is 4.90 Å². The van der Waals surface area contributed by atoms with E-state index in [1.54, 1.807) is 12.1 Å². The molecule has 2 rings (SSSR count). The molecule has 1 aromatic heterocycles. The zero-order valence-corrected chi connectivity index (χ0v) is 10.0. The number of nitro groups is 1. The van der Waals surface area contributed by atoms with Crippen LogP contribution in [0.5, 0.6) is 0 Å². The largest absolute Gasteiger partial charge is 0.380 e. The van der Waals surface area contributed by atoms with Crippen LogP contribution in [0.15, 0.2) is 16.6 Å². The highest BCUT2D eigenvalue weighted by Gasteiger charge is 2.21. The van der Waals surface area contributed by atoms with Gasteiger partial charge in [-0.3, -0.25) is 0 Å². The third kappa shape index (κ3) is 2.30. The van der Waals surface area contributed by atoms with Gasteiger partial charge in [-0.2, -0.15) is 0 Å². The van der Waals surface area contributed by atoms with Crippen molar-refractivity contribution in [2.75, 3.05) is 31.2 Å². The molecule has 0 atom stereocenters. The number of rotatable bonds is 2. The second-order valence-corrected chi connectivity index (χ2v) is 4.19. The molecule has 0 saturated carbocycles. The summed E-state index contributed by atoms with van der Waals surface area (Å²) in [4.78, 5) is 16.2. The predicted molar refractivity (Wildman–Crippen MR) is 61.6 cm³/mol. The van der Waals surface area contributed by atoms with Crippen LogP contribution in [-0.4, -0.2) is 36.2 Å². The van der Waals surface area contributed by atoms with Crippen molar-refractivity contribution in [3.8, 4) is 0 Å². The summed E-state index contributed by atoms with van der Waals surface area (Å²) in [6.45, 7) is 2.69. The summed E-state index contributed by atoms with van der Waals surface area (Å²) in [7, 11) is 0. The summed E-state index contributed by atoms with van der Waals surface area (Å²) in [6.07, 6.45) is 0. The fraction of sp³-hybridized carbons (Fsp3) is 0.444. The summed E-state index contributed by atoms with van der Waals surface area (Å²) in [5, 5.41) is 10.7. The molecule has 0 spiro atoms. The van der Waals surface area contributed by atoms with Crippen molar-refractivity contribution in [3.05, 3.63) is 26.7 Å². The van der Waals surface area contributed by atoms with Crippen LogP contribution in [0.3, 0.4) is 0 Å². The van der Waals surface area contributed by atoms with Crippen LogP contribution in [-0.2, 0) is 4.74 Å². The van der Waals surface area contributed by atoms with Gasteiger partial charge in [0.1, 0.15) is 4.47 Å². The van der Waals surface area contributed by atoms with Gasteiger partial charge in [0, 0.05) is 19.2 Å². The average molecular weight is 288 g/mol. The number of halogens is 1. The molecule has 16 heavy (non-hydrogen) atoms. The van der Waals surface area contributed by atoms with Crippen LogP contribution in [0, 0.1) is 10.1 Å². The lowest BCUT2D eigenvalue weighted by atomic mass is 10.3. The first-order chi connectivity index (χ1) is 7.68. The number of anilines is 1. The highest BCUT2D eigenvalue weighted by molar-refractivity contribution is 9.10. The molecular formula is C9H10BrN3O3. The zero-order valence-electron chi connectivity index (χ0n) is 8.43. The van der Waals surface area contributed by atoms with E-state index in [0.717, 1.165) is 0 Å². The molecule has 1 aromatic rings. The second-order valence-electron chi connectivity index (χ2n) is 3.33. The molecule has 7 heteroatoms. The van der Waals surface area contributed by atoms with Gasteiger partial charge in [0.15, 0.2) is 0 Å². The summed E-state index contributed by atoms with van der Waals surface area (Å²) < 4.78 is 5.61. The standard InChI is InChI=1S/C9H10BrN3O3/c10-7-1-2-8(11-9(7)13(14)15)12-3-5-16-6-4-12/h1-2H,3-6H2. The number of aromatic nitrogens is 1. The van der Waals surface area contributed by atoms with Crippen LogP contribution in [0.2, 0.25) is 0 Å². The smallest absolute Gasteiger partial charge is 0.378 e. The van der Waals surface area contributed by atoms with Gasteiger partial charge >= 0.3 is 5.82 Å². The maximum Gasteiger partial charge on any atom is 0.380 e. The van der Waals surface area contributed by atoms with Crippen LogP contribution in [0.1, 0.15) is 0 Å². The van der Waals surface area contributed by atoms with Gasteiger partial charge in [0.25, 0.3) is 0 Å². The first-order valence-corrected chi connectivity index (χ1v) is 5.61. The fourth-order valence-corrected chi connectivity index (χ4v) is 1.88. The van der Waals surface area contributed by atoms with Gasteiger partial charge in [0.05, 0.1) is 13.2 Å². The highest BCUT2D eigenvalue weighted by Crippen LogP contribution is 2.25. The summed E-state index contributed by atoms with van der Waals surface area (Å²) in [5.74, 6) is 0.474.